The molecule has 0 radical (unpaired) electrons. The second-order valence-electron chi connectivity index (χ2n) is 9.23. The zero-order valence-electron chi connectivity index (χ0n) is 17.8. The molecule has 2 saturated carbocycles. The molecule has 166 valence electrons. The number of hydrogen-bond acceptors (Lipinski definition) is 10. The second-order valence-corrected chi connectivity index (χ2v) is 9.23. The lowest BCUT2D eigenvalue weighted by Gasteiger charge is -2.37. The number of aromatic nitrogens is 4. The average Bonchev–Trinajstić information content (AvgIpc) is 3.63. The van der Waals surface area contributed by atoms with Gasteiger partial charge in [0.25, 0.3) is 0 Å². The molecule has 4 heterocycles. The highest BCUT2D eigenvalue weighted by Gasteiger charge is 2.30. The van der Waals surface area contributed by atoms with Crippen molar-refractivity contribution in [1.29, 1.82) is 0 Å². The molecule has 2 aliphatic heterocycles. The van der Waals surface area contributed by atoms with Gasteiger partial charge in [-0.2, -0.15) is 9.97 Å². The summed E-state index contributed by atoms with van der Waals surface area (Å²) in [6.45, 7) is 3.60. The second kappa shape index (κ2) is 8.08. The highest BCUT2D eigenvalue weighted by molar-refractivity contribution is 5.48. The van der Waals surface area contributed by atoms with E-state index >= 15 is 0 Å². The van der Waals surface area contributed by atoms with Gasteiger partial charge in [-0.3, -0.25) is 0 Å². The summed E-state index contributed by atoms with van der Waals surface area (Å²) in [6, 6.07) is 4.68. The monoisotopic (exact) mass is 424 g/mol. The lowest BCUT2D eigenvalue weighted by molar-refractivity contribution is 0.514. The lowest BCUT2D eigenvalue weighted by Crippen LogP contribution is -2.56. The molecule has 10 heteroatoms. The van der Waals surface area contributed by atoms with Gasteiger partial charge in [-0.05, 0) is 32.1 Å². The van der Waals surface area contributed by atoms with E-state index in [4.69, 9.17) is 22.9 Å². The van der Waals surface area contributed by atoms with Crippen molar-refractivity contribution in [3.8, 4) is 0 Å². The summed E-state index contributed by atoms with van der Waals surface area (Å²) >= 11 is 0. The summed E-state index contributed by atoms with van der Waals surface area (Å²) in [5.41, 5.74) is 25.3. The maximum atomic E-state index is 5.89. The zero-order chi connectivity index (χ0) is 21.5. The van der Waals surface area contributed by atoms with Crippen LogP contribution >= 0.6 is 0 Å². The van der Waals surface area contributed by atoms with Gasteiger partial charge in [0.15, 0.2) is 0 Å². The van der Waals surface area contributed by atoms with Crippen LogP contribution in [0.3, 0.4) is 0 Å². The average molecular weight is 425 g/mol. The Morgan fingerprint density at radius 3 is 1.55 bits per heavy atom. The molecule has 10 nitrogen and oxygen atoms in total. The van der Waals surface area contributed by atoms with E-state index in [1.165, 1.54) is 25.7 Å². The van der Waals surface area contributed by atoms with Crippen LogP contribution in [0.4, 0.5) is 23.5 Å². The van der Waals surface area contributed by atoms with Crippen molar-refractivity contribution >= 4 is 23.5 Å². The SMILES string of the molecule is Nc1nc(C2CC2)cc(N2CC(N)C2)n1.Nc1nc(C2CC2)cc(N2CC[C@@H](N)C2)n1. The minimum Gasteiger partial charge on any atom is -0.368 e. The quantitative estimate of drug-likeness (QED) is 0.545. The standard InChI is InChI=1S/C11H17N5.C10H15N5/c12-8-3-4-16(6-8)10-5-9(7-1-2-7)14-11(13)15-10;11-7-4-15(5-7)9-3-8(6-1-2-6)13-10(12)14-9/h5,7-8H,1-4,6,12H2,(H2,13,14,15);3,6-7H,1-2,4-5,11H2,(H2,12,13,14)/t8-;/m1./s1. The Labute approximate surface area is 182 Å². The summed E-state index contributed by atoms with van der Waals surface area (Å²) < 4.78 is 0. The van der Waals surface area contributed by atoms with Gasteiger partial charge in [0.2, 0.25) is 11.9 Å². The van der Waals surface area contributed by atoms with Gasteiger partial charge >= 0.3 is 0 Å². The fourth-order valence-corrected chi connectivity index (χ4v) is 4.14. The van der Waals surface area contributed by atoms with E-state index in [-0.39, 0.29) is 12.1 Å². The van der Waals surface area contributed by atoms with Gasteiger partial charge in [-0.1, -0.05) is 0 Å². The maximum Gasteiger partial charge on any atom is 0.222 e. The van der Waals surface area contributed by atoms with Crippen LogP contribution in [-0.2, 0) is 0 Å². The molecule has 0 spiro atoms. The maximum absolute atomic E-state index is 5.89. The fraction of sp³-hybridized carbons (Fsp3) is 0.619. The van der Waals surface area contributed by atoms with Crippen molar-refractivity contribution in [2.24, 2.45) is 11.5 Å². The van der Waals surface area contributed by atoms with Crippen molar-refractivity contribution in [2.45, 2.75) is 56.0 Å². The highest BCUT2D eigenvalue weighted by atomic mass is 15.3. The van der Waals surface area contributed by atoms with Crippen molar-refractivity contribution < 1.29 is 0 Å². The van der Waals surface area contributed by atoms with Gasteiger partial charge in [0.05, 0.1) is 11.4 Å². The van der Waals surface area contributed by atoms with Crippen molar-refractivity contribution in [3.63, 3.8) is 0 Å². The molecule has 0 amide bonds. The third-order valence-corrected chi connectivity index (χ3v) is 6.27. The molecule has 1 atom stereocenters. The molecule has 2 aliphatic carbocycles. The fourth-order valence-electron chi connectivity index (χ4n) is 4.14. The van der Waals surface area contributed by atoms with Crippen LogP contribution in [0, 0.1) is 0 Å². The van der Waals surface area contributed by atoms with Crippen LogP contribution in [0.25, 0.3) is 0 Å². The van der Waals surface area contributed by atoms with E-state index in [9.17, 15) is 0 Å². The smallest absolute Gasteiger partial charge is 0.222 e. The molecule has 4 aliphatic rings. The lowest BCUT2D eigenvalue weighted by atomic mass is 10.1. The molecule has 2 saturated heterocycles. The largest absolute Gasteiger partial charge is 0.368 e. The number of hydrogen-bond donors (Lipinski definition) is 4. The van der Waals surface area contributed by atoms with E-state index in [2.05, 4.69) is 41.9 Å². The minimum absolute atomic E-state index is 0.264. The molecule has 0 aromatic carbocycles. The normalized spacial score (nSPS) is 23.4. The number of nitrogens with two attached hydrogens (primary N) is 4. The first-order valence-corrected chi connectivity index (χ1v) is 11.2. The van der Waals surface area contributed by atoms with Crippen LogP contribution in [0.5, 0.6) is 0 Å². The molecule has 6 rings (SSSR count). The Balaban J connectivity index is 0.000000132. The van der Waals surface area contributed by atoms with E-state index in [0.29, 0.717) is 23.7 Å². The van der Waals surface area contributed by atoms with Crippen molar-refractivity contribution in [1.82, 2.24) is 19.9 Å². The van der Waals surface area contributed by atoms with Gasteiger partial charge < -0.3 is 32.7 Å². The van der Waals surface area contributed by atoms with E-state index in [1.54, 1.807) is 0 Å². The van der Waals surface area contributed by atoms with Crippen LogP contribution in [0.15, 0.2) is 12.1 Å². The van der Waals surface area contributed by atoms with Crippen molar-refractivity contribution in [2.75, 3.05) is 47.4 Å². The predicted molar refractivity (Wildman–Crippen MR) is 122 cm³/mol. The summed E-state index contributed by atoms with van der Waals surface area (Å²) in [6.07, 6.45) is 5.96. The number of nitrogen functional groups attached to an aromatic ring is 2. The molecule has 2 aromatic heterocycles. The third kappa shape index (κ3) is 4.80. The topological polar surface area (TPSA) is 162 Å². The first-order valence-electron chi connectivity index (χ1n) is 11.2. The Morgan fingerprint density at radius 2 is 1.13 bits per heavy atom. The summed E-state index contributed by atoms with van der Waals surface area (Å²) in [5.74, 6) is 3.88. The van der Waals surface area contributed by atoms with E-state index < -0.39 is 0 Å². The molecule has 0 unspecified atom stereocenters. The van der Waals surface area contributed by atoms with Crippen LogP contribution in [0.1, 0.15) is 55.3 Å². The van der Waals surface area contributed by atoms with E-state index in [0.717, 1.165) is 55.6 Å². The zero-order valence-corrected chi connectivity index (χ0v) is 17.8. The molecule has 4 fully saturated rings. The van der Waals surface area contributed by atoms with Crippen LogP contribution in [0.2, 0.25) is 0 Å². The minimum atomic E-state index is 0.264. The van der Waals surface area contributed by atoms with Gasteiger partial charge in [-0.25, -0.2) is 9.97 Å². The molecule has 31 heavy (non-hydrogen) atoms. The van der Waals surface area contributed by atoms with Crippen molar-refractivity contribution in [3.05, 3.63) is 23.5 Å². The van der Waals surface area contributed by atoms with Crippen LogP contribution in [-0.4, -0.2) is 58.2 Å². The Hall–Kier alpha value is -2.72. The molecule has 0 bridgehead atoms. The van der Waals surface area contributed by atoms with Crippen LogP contribution < -0.4 is 32.7 Å². The molecular formula is C21H32N10. The number of nitrogens with zero attached hydrogens (tertiary/aromatic N) is 6. The van der Waals surface area contributed by atoms with Gasteiger partial charge in [0.1, 0.15) is 11.6 Å². The Kier molecular flexibility index (Phi) is 5.27. The first kappa shape index (κ1) is 20.2. The summed E-state index contributed by atoms with van der Waals surface area (Å²) in [4.78, 5) is 21.4. The Bertz CT molecular complexity index is 936. The van der Waals surface area contributed by atoms with Gasteiger partial charge in [-0.15, -0.1) is 0 Å². The van der Waals surface area contributed by atoms with Gasteiger partial charge in [0, 0.05) is 62.2 Å². The number of anilines is 4. The predicted octanol–water partition coefficient (Wildman–Crippen LogP) is 0.557. The molecular weight excluding hydrogens is 392 g/mol. The third-order valence-electron chi connectivity index (χ3n) is 6.27. The van der Waals surface area contributed by atoms with E-state index in [1.807, 2.05) is 0 Å². The highest BCUT2D eigenvalue weighted by Crippen LogP contribution is 2.41. The number of rotatable bonds is 4. The molecule has 8 N–H and O–H groups in total. The molecule has 2 aromatic rings. The summed E-state index contributed by atoms with van der Waals surface area (Å²) in [7, 11) is 0. The first-order chi connectivity index (χ1) is 14.9. The Morgan fingerprint density at radius 1 is 0.645 bits per heavy atom. The summed E-state index contributed by atoms with van der Waals surface area (Å²) in [5, 5.41) is 0.